The highest BCUT2D eigenvalue weighted by Crippen LogP contribution is 2.30. The van der Waals surface area contributed by atoms with E-state index in [1.165, 1.54) is 6.92 Å². The molecule has 0 aliphatic heterocycles. The molecule has 0 atom stereocenters. The molecule has 0 bridgehead atoms. The molecule has 1 amide bonds. The molecule has 7 heteroatoms. The maximum atomic E-state index is 13.2. The first-order chi connectivity index (χ1) is 14.7. The van der Waals surface area contributed by atoms with Gasteiger partial charge in [-0.05, 0) is 71.0 Å². The van der Waals surface area contributed by atoms with Crippen molar-refractivity contribution in [2.24, 2.45) is 0 Å². The highest BCUT2D eigenvalue weighted by Gasteiger charge is 2.20. The number of amides is 1. The van der Waals surface area contributed by atoms with Crippen molar-refractivity contribution in [3.63, 3.8) is 0 Å². The van der Waals surface area contributed by atoms with Crippen LogP contribution in [0.3, 0.4) is 0 Å². The van der Waals surface area contributed by atoms with Crippen molar-refractivity contribution in [1.82, 2.24) is 14.8 Å². The zero-order chi connectivity index (χ0) is 22.3. The molecule has 0 aliphatic rings. The number of Topliss-reactive ketones (excluding diaryl/α,β-unsaturated/α-hetero) is 1. The number of aryl methyl sites for hydroxylation is 2. The van der Waals surface area contributed by atoms with Crippen molar-refractivity contribution in [3.05, 3.63) is 65.2 Å². The molecule has 0 radical (unpaired) electrons. The lowest BCUT2D eigenvalue weighted by molar-refractivity contribution is 0.101. The fraction of sp³-hybridized carbons (Fsp3) is 0.250. The zero-order valence-corrected chi connectivity index (χ0v) is 18.2. The fourth-order valence-electron chi connectivity index (χ4n) is 3.59. The van der Waals surface area contributed by atoms with Gasteiger partial charge in [-0.25, -0.2) is 9.67 Å². The Morgan fingerprint density at radius 3 is 2.39 bits per heavy atom. The van der Waals surface area contributed by atoms with Gasteiger partial charge in [0.1, 0.15) is 11.5 Å². The highest BCUT2D eigenvalue weighted by atomic mass is 16.3. The van der Waals surface area contributed by atoms with E-state index in [1.807, 2.05) is 33.8 Å². The minimum atomic E-state index is -0.273. The van der Waals surface area contributed by atoms with Crippen LogP contribution < -0.4 is 5.32 Å². The predicted molar refractivity (Wildman–Crippen MR) is 119 cm³/mol. The lowest BCUT2D eigenvalue weighted by atomic mass is 10.1. The number of nitrogens with zero attached hydrogens (tertiary/aromatic N) is 3. The maximum absolute atomic E-state index is 13.2. The maximum Gasteiger partial charge on any atom is 0.256 e. The molecule has 1 N–H and O–H groups in total. The number of carbonyl (C=O) groups is 2. The van der Waals surface area contributed by atoms with Crippen LogP contribution in [0.2, 0.25) is 0 Å². The standard InChI is InChI=1S/C24H24N4O3/c1-13(2)28-23-21(12-25-28)20(11-22(27-23)19-10-14(3)31-16(19)5)24(30)26-18-8-6-17(7-9-18)15(4)29/h6-13H,1-5H3,(H,26,30). The first-order valence-corrected chi connectivity index (χ1v) is 10.1. The number of benzene rings is 1. The molecule has 3 aromatic heterocycles. The third-order valence-corrected chi connectivity index (χ3v) is 5.17. The Morgan fingerprint density at radius 1 is 1.10 bits per heavy atom. The van der Waals surface area contributed by atoms with Crippen molar-refractivity contribution in [3.8, 4) is 11.3 Å². The topological polar surface area (TPSA) is 90.0 Å². The van der Waals surface area contributed by atoms with Crippen LogP contribution in [0.4, 0.5) is 5.69 Å². The third kappa shape index (κ3) is 3.86. The quantitative estimate of drug-likeness (QED) is 0.443. The summed E-state index contributed by atoms with van der Waals surface area (Å²) in [7, 11) is 0. The Bertz CT molecular complexity index is 1300. The van der Waals surface area contributed by atoms with Gasteiger partial charge in [0.05, 0.1) is 22.8 Å². The van der Waals surface area contributed by atoms with Gasteiger partial charge in [-0.2, -0.15) is 5.10 Å². The summed E-state index contributed by atoms with van der Waals surface area (Å²) < 4.78 is 7.48. The number of anilines is 1. The molecule has 0 unspecified atom stereocenters. The summed E-state index contributed by atoms with van der Waals surface area (Å²) in [5.74, 6) is 1.23. The number of carbonyl (C=O) groups excluding carboxylic acids is 2. The van der Waals surface area contributed by atoms with Crippen LogP contribution in [-0.4, -0.2) is 26.5 Å². The number of nitrogens with one attached hydrogen (secondary N) is 1. The van der Waals surface area contributed by atoms with E-state index in [1.54, 1.807) is 41.2 Å². The van der Waals surface area contributed by atoms with Crippen LogP contribution in [0.15, 0.2) is 47.0 Å². The average Bonchev–Trinajstić information content (AvgIpc) is 3.30. The summed E-state index contributed by atoms with van der Waals surface area (Å²) in [6.07, 6.45) is 1.67. The van der Waals surface area contributed by atoms with E-state index in [-0.39, 0.29) is 17.7 Å². The third-order valence-electron chi connectivity index (χ3n) is 5.17. The molecule has 158 valence electrons. The molecule has 0 aliphatic carbocycles. The number of hydrogen-bond donors (Lipinski definition) is 1. The molecule has 0 saturated heterocycles. The van der Waals surface area contributed by atoms with Gasteiger partial charge in [-0.3, -0.25) is 9.59 Å². The van der Waals surface area contributed by atoms with Crippen LogP contribution in [-0.2, 0) is 0 Å². The molecule has 1 aromatic carbocycles. The van der Waals surface area contributed by atoms with Gasteiger partial charge >= 0.3 is 0 Å². The normalized spacial score (nSPS) is 11.3. The number of aromatic nitrogens is 3. The molecule has 4 aromatic rings. The second kappa shape index (κ2) is 7.83. The van der Waals surface area contributed by atoms with E-state index < -0.39 is 0 Å². The van der Waals surface area contributed by atoms with Crippen molar-refractivity contribution < 1.29 is 14.0 Å². The largest absolute Gasteiger partial charge is 0.466 e. The van der Waals surface area contributed by atoms with Crippen LogP contribution >= 0.6 is 0 Å². The van der Waals surface area contributed by atoms with E-state index in [9.17, 15) is 9.59 Å². The minimum absolute atomic E-state index is 0.0229. The summed E-state index contributed by atoms with van der Waals surface area (Å²) in [4.78, 5) is 29.5. The first-order valence-electron chi connectivity index (χ1n) is 10.1. The van der Waals surface area contributed by atoms with E-state index in [4.69, 9.17) is 9.40 Å². The second-order valence-corrected chi connectivity index (χ2v) is 7.89. The van der Waals surface area contributed by atoms with Gasteiger partial charge in [0.25, 0.3) is 5.91 Å². The fourth-order valence-corrected chi connectivity index (χ4v) is 3.59. The van der Waals surface area contributed by atoms with E-state index in [0.717, 1.165) is 17.1 Å². The molecule has 0 spiro atoms. The predicted octanol–water partition coefficient (Wildman–Crippen LogP) is 5.34. The summed E-state index contributed by atoms with van der Waals surface area (Å²) in [5.41, 5.74) is 3.81. The Balaban J connectivity index is 1.81. The van der Waals surface area contributed by atoms with Crippen LogP contribution in [0.1, 0.15) is 59.0 Å². The molecule has 7 nitrogen and oxygen atoms in total. The zero-order valence-electron chi connectivity index (χ0n) is 18.2. The minimum Gasteiger partial charge on any atom is -0.466 e. The van der Waals surface area contributed by atoms with E-state index in [2.05, 4.69) is 10.4 Å². The van der Waals surface area contributed by atoms with E-state index in [0.29, 0.717) is 33.5 Å². The van der Waals surface area contributed by atoms with Gasteiger partial charge in [-0.15, -0.1) is 0 Å². The summed E-state index contributed by atoms with van der Waals surface area (Å²) in [5, 5.41) is 8.04. The summed E-state index contributed by atoms with van der Waals surface area (Å²) in [6.45, 7) is 9.31. The lowest BCUT2D eigenvalue weighted by Crippen LogP contribution is -2.13. The number of ketones is 1. The van der Waals surface area contributed by atoms with Gasteiger partial charge in [0, 0.05) is 22.9 Å². The number of hydrogen-bond acceptors (Lipinski definition) is 5. The molecule has 0 saturated carbocycles. The second-order valence-electron chi connectivity index (χ2n) is 7.89. The Hall–Kier alpha value is -3.74. The van der Waals surface area contributed by atoms with Crippen molar-refractivity contribution in [1.29, 1.82) is 0 Å². The van der Waals surface area contributed by atoms with Gasteiger partial charge in [0.2, 0.25) is 0 Å². The summed E-state index contributed by atoms with van der Waals surface area (Å²) in [6, 6.07) is 10.6. The van der Waals surface area contributed by atoms with Crippen molar-refractivity contribution in [2.75, 3.05) is 5.32 Å². The van der Waals surface area contributed by atoms with E-state index >= 15 is 0 Å². The van der Waals surface area contributed by atoms with Crippen LogP contribution in [0.25, 0.3) is 22.3 Å². The monoisotopic (exact) mass is 416 g/mol. The molecule has 4 rings (SSSR count). The van der Waals surface area contributed by atoms with Crippen molar-refractivity contribution in [2.45, 2.75) is 40.7 Å². The SMILES string of the molecule is CC(=O)c1ccc(NC(=O)c2cc(-c3cc(C)oc3C)nc3c2cnn3C(C)C)cc1. The van der Waals surface area contributed by atoms with Crippen molar-refractivity contribution >= 4 is 28.4 Å². The molecular weight excluding hydrogens is 392 g/mol. The lowest BCUT2D eigenvalue weighted by Gasteiger charge is -2.11. The highest BCUT2D eigenvalue weighted by molar-refractivity contribution is 6.12. The molecule has 3 heterocycles. The Labute approximate surface area is 180 Å². The number of furan rings is 1. The van der Waals surface area contributed by atoms with Gasteiger partial charge < -0.3 is 9.73 Å². The Morgan fingerprint density at radius 2 is 1.81 bits per heavy atom. The van der Waals surface area contributed by atoms with Crippen LogP contribution in [0, 0.1) is 13.8 Å². The number of rotatable bonds is 5. The molecular formula is C24H24N4O3. The number of pyridine rings is 1. The first kappa shape index (κ1) is 20.5. The van der Waals surface area contributed by atoms with Gasteiger partial charge in [0.15, 0.2) is 11.4 Å². The molecule has 31 heavy (non-hydrogen) atoms. The van der Waals surface area contributed by atoms with Crippen LogP contribution in [0.5, 0.6) is 0 Å². The average molecular weight is 416 g/mol. The Kier molecular flexibility index (Phi) is 5.19. The van der Waals surface area contributed by atoms with Gasteiger partial charge in [-0.1, -0.05) is 0 Å². The molecule has 0 fully saturated rings. The smallest absolute Gasteiger partial charge is 0.256 e. The number of fused-ring (bicyclic) bond motifs is 1. The summed E-state index contributed by atoms with van der Waals surface area (Å²) >= 11 is 0.